The normalized spacial score (nSPS) is 18.5. The number of amides is 1. The predicted octanol–water partition coefficient (Wildman–Crippen LogP) is 1.53. The van der Waals surface area contributed by atoms with E-state index in [1.807, 2.05) is 6.07 Å². The molecule has 5 rings (SSSR count). The standard InChI is InChI=1S/C20H23N7O3/c1-21-17-9-16(24-15-3-2-7-26(20(15)29)13-6-8-30-11-13)25-18-14(10-22-27(17)18)19(28)23-12-4-5-12/h2-3,7,9-10,12-13,21H,4-6,8,11H2,1H3,(H,23,28)(H,24,25)/t13-/m0/s1. The van der Waals surface area contributed by atoms with Gasteiger partial charge in [-0.05, 0) is 31.4 Å². The van der Waals surface area contributed by atoms with E-state index in [4.69, 9.17) is 4.74 Å². The fourth-order valence-corrected chi connectivity index (χ4v) is 3.63. The summed E-state index contributed by atoms with van der Waals surface area (Å²) in [6, 6.07) is 5.57. The van der Waals surface area contributed by atoms with Crippen LogP contribution in [0.25, 0.3) is 5.65 Å². The van der Waals surface area contributed by atoms with Crippen LogP contribution in [0.1, 0.15) is 35.7 Å². The Labute approximate surface area is 172 Å². The van der Waals surface area contributed by atoms with Gasteiger partial charge in [0.2, 0.25) is 0 Å². The summed E-state index contributed by atoms with van der Waals surface area (Å²) in [5, 5.41) is 13.4. The highest BCUT2D eigenvalue weighted by molar-refractivity contribution is 6.00. The number of fused-ring (bicyclic) bond motifs is 1. The number of carbonyl (C=O) groups is 1. The summed E-state index contributed by atoms with van der Waals surface area (Å²) in [4.78, 5) is 30.1. The highest BCUT2D eigenvalue weighted by Gasteiger charge is 2.26. The van der Waals surface area contributed by atoms with Gasteiger partial charge < -0.3 is 25.3 Å². The van der Waals surface area contributed by atoms with Gasteiger partial charge in [-0.15, -0.1) is 0 Å². The molecule has 156 valence electrons. The second-order valence-electron chi connectivity index (χ2n) is 7.59. The zero-order valence-corrected chi connectivity index (χ0v) is 16.6. The molecule has 1 atom stereocenters. The molecule has 4 heterocycles. The first kappa shape index (κ1) is 18.6. The van der Waals surface area contributed by atoms with E-state index >= 15 is 0 Å². The van der Waals surface area contributed by atoms with Crippen LogP contribution in [0.15, 0.2) is 35.4 Å². The molecule has 1 aliphatic carbocycles. The number of rotatable bonds is 6. The van der Waals surface area contributed by atoms with Gasteiger partial charge in [0.15, 0.2) is 5.65 Å². The molecule has 10 nitrogen and oxygen atoms in total. The molecule has 3 aromatic rings. The van der Waals surface area contributed by atoms with Crippen molar-refractivity contribution in [1.29, 1.82) is 0 Å². The highest BCUT2D eigenvalue weighted by atomic mass is 16.5. The molecule has 0 bridgehead atoms. The van der Waals surface area contributed by atoms with Crippen molar-refractivity contribution in [3.8, 4) is 0 Å². The lowest BCUT2D eigenvalue weighted by atomic mass is 10.2. The van der Waals surface area contributed by atoms with E-state index in [9.17, 15) is 9.59 Å². The molecule has 0 aromatic carbocycles. The Morgan fingerprint density at radius 2 is 2.17 bits per heavy atom. The van der Waals surface area contributed by atoms with Gasteiger partial charge in [0, 0.05) is 32.0 Å². The Morgan fingerprint density at radius 3 is 2.90 bits per heavy atom. The Morgan fingerprint density at radius 1 is 1.30 bits per heavy atom. The van der Waals surface area contributed by atoms with Crippen molar-refractivity contribution in [2.75, 3.05) is 30.9 Å². The molecule has 3 N–H and O–H groups in total. The van der Waals surface area contributed by atoms with Crippen molar-refractivity contribution in [2.45, 2.75) is 31.3 Å². The SMILES string of the molecule is CNc1cc(Nc2cccn([C@H]3CCOC3)c2=O)nc2c(C(=O)NC3CC3)cnn12. The number of ether oxygens (including phenoxy) is 1. The number of nitrogens with zero attached hydrogens (tertiary/aromatic N) is 4. The highest BCUT2D eigenvalue weighted by Crippen LogP contribution is 2.23. The van der Waals surface area contributed by atoms with Gasteiger partial charge in [-0.3, -0.25) is 9.59 Å². The van der Waals surface area contributed by atoms with Crippen molar-refractivity contribution >= 4 is 28.9 Å². The molecule has 1 amide bonds. The Hall–Kier alpha value is -3.40. The van der Waals surface area contributed by atoms with E-state index in [1.165, 1.54) is 6.20 Å². The Bertz CT molecular complexity index is 1160. The number of nitrogens with one attached hydrogen (secondary N) is 3. The molecule has 0 unspecified atom stereocenters. The number of pyridine rings is 1. The van der Waals surface area contributed by atoms with Crippen molar-refractivity contribution < 1.29 is 9.53 Å². The quantitative estimate of drug-likeness (QED) is 0.566. The number of aromatic nitrogens is 4. The predicted molar refractivity (Wildman–Crippen MR) is 111 cm³/mol. The largest absolute Gasteiger partial charge is 0.379 e. The van der Waals surface area contributed by atoms with Crippen molar-refractivity contribution in [1.82, 2.24) is 24.5 Å². The third kappa shape index (κ3) is 3.39. The first-order valence-electron chi connectivity index (χ1n) is 10.1. The van der Waals surface area contributed by atoms with E-state index in [0.29, 0.717) is 41.7 Å². The third-order valence-electron chi connectivity index (χ3n) is 5.42. The van der Waals surface area contributed by atoms with Crippen LogP contribution in [-0.2, 0) is 4.74 Å². The Balaban J connectivity index is 1.50. The van der Waals surface area contributed by atoms with E-state index in [1.54, 1.807) is 34.5 Å². The first-order chi connectivity index (χ1) is 14.6. The maximum absolute atomic E-state index is 13.0. The molecular weight excluding hydrogens is 386 g/mol. The van der Waals surface area contributed by atoms with Crippen LogP contribution in [0.3, 0.4) is 0 Å². The van der Waals surface area contributed by atoms with E-state index in [0.717, 1.165) is 19.3 Å². The molecule has 3 aromatic heterocycles. The maximum atomic E-state index is 13.0. The Kier molecular flexibility index (Phi) is 4.62. The van der Waals surface area contributed by atoms with Crippen molar-refractivity contribution in [3.05, 3.63) is 46.5 Å². The monoisotopic (exact) mass is 409 g/mol. The van der Waals surface area contributed by atoms with Gasteiger partial charge in [0.25, 0.3) is 11.5 Å². The first-order valence-corrected chi connectivity index (χ1v) is 10.1. The zero-order chi connectivity index (χ0) is 20.7. The zero-order valence-electron chi connectivity index (χ0n) is 16.6. The van der Waals surface area contributed by atoms with E-state index < -0.39 is 0 Å². The van der Waals surface area contributed by atoms with E-state index in [-0.39, 0.29) is 23.6 Å². The van der Waals surface area contributed by atoms with Gasteiger partial charge in [-0.25, -0.2) is 4.98 Å². The number of carbonyl (C=O) groups excluding carboxylic acids is 1. The summed E-state index contributed by atoms with van der Waals surface area (Å²) in [7, 11) is 1.76. The summed E-state index contributed by atoms with van der Waals surface area (Å²) in [5.41, 5.74) is 1.09. The van der Waals surface area contributed by atoms with Crippen molar-refractivity contribution in [3.63, 3.8) is 0 Å². The second kappa shape index (κ2) is 7.45. The second-order valence-corrected chi connectivity index (χ2v) is 7.59. The van der Waals surface area contributed by atoms with Crippen LogP contribution in [0, 0.1) is 0 Å². The molecule has 1 saturated carbocycles. The van der Waals surface area contributed by atoms with Crippen LogP contribution in [0.4, 0.5) is 17.3 Å². The molecule has 0 radical (unpaired) electrons. The van der Waals surface area contributed by atoms with Gasteiger partial charge in [0.05, 0.1) is 18.8 Å². The number of anilines is 3. The summed E-state index contributed by atoms with van der Waals surface area (Å²) in [5.74, 6) is 0.904. The van der Waals surface area contributed by atoms with Gasteiger partial charge in [-0.1, -0.05) is 0 Å². The summed E-state index contributed by atoms with van der Waals surface area (Å²) in [6.07, 6.45) is 6.10. The third-order valence-corrected chi connectivity index (χ3v) is 5.42. The maximum Gasteiger partial charge on any atom is 0.274 e. The minimum atomic E-state index is -0.192. The molecular formula is C20H23N7O3. The summed E-state index contributed by atoms with van der Waals surface area (Å²) in [6.45, 7) is 1.19. The topological polar surface area (TPSA) is 115 Å². The molecule has 1 saturated heterocycles. The van der Waals surface area contributed by atoms with Gasteiger partial charge >= 0.3 is 0 Å². The molecule has 2 fully saturated rings. The molecule has 2 aliphatic rings. The number of hydrogen-bond donors (Lipinski definition) is 3. The van der Waals surface area contributed by atoms with Crippen LogP contribution in [-0.4, -0.2) is 51.4 Å². The van der Waals surface area contributed by atoms with Crippen molar-refractivity contribution in [2.24, 2.45) is 0 Å². The van der Waals surface area contributed by atoms with Crippen LogP contribution < -0.4 is 21.5 Å². The lowest BCUT2D eigenvalue weighted by Crippen LogP contribution is -2.26. The van der Waals surface area contributed by atoms with Gasteiger partial charge in [-0.2, -0.15) is 9.61 Å². The van der Waals surface area contributed by atoms with Crippen LogP contribution in [0.2, 0.25) is 0 Å². The lowest BCUT2D eigenvalue weighted by molar-refractivity contribution is 0.0952. The fraction of sp³-hybridized carbons (Fsp3) is 0.400. The van der Waals surface area contributed by atoms with Crippen LogP contribution >= 0.6 is 0 Å². The summed E-state index contributed by atoms with van der Waals surface area (Å²) < 4.78 is 8.68. The molecule has 10 heteroatoms. The minimum Gasteiger partial charge on any atom is -0.379 e. The molecule has 30 heavy (non-hydrogen) atoms. The number of hydrogen-bond acceptors (Lipinski definition) is 7. The minimum absolute atomic E-state index is 0.0371. The van der Waals surface area contributed by atoms with E-state index in [2.05, 4.69) is 26.0 Å². The summed E-state index contributed by atoms with van der Waals surface area (Å²) >= 11 is 0. The molecule has 0 spiro atoms. The van der Waals surface area contributed by atoms with Gasteiger partial charge in [0.1, 0.15) is 22.9 Å². The molecule has 1 aliphatic heterocycles. The average Bonchev–Trinajstić information content (AvgIpc) is 3.22. The lowest BCUT2D eigenvalue weighted by Gasteiger charge is -2.14. The smallest absolute Gasteiger partial charge is 0.274 e. The average molecular weight is 409 g/mol. The van der Waals surface area contributed by atoms with Crippen LogP contribution in [0.5, 0.6) is 0 Å². The fourth-order valence-electron chi connectivity index (χ4n) is 3.63.